The van der Waals surface area contributed by atoms with Crippen LogP contribution in [-0.2, 0) is 0 Å². The highest BCUT2D eigenvalue weighted by Gasteiger charge is 2.55. The summed E-state index contributed by atoms with van der Waals surface area (Å²) in [6, 6.07) is 13.9. The van der Waals surface area contributed by atoms with Gasteiger partial charge in [0.25, 0.3) is 5.91 Å². The first kappa shape index (κ1) is 23.0. The maximum atomic E-state index is 13.2. The Morgan fingerprint density at radius 2 is 1.95 bits per heavy atom. The summed E-state index contributed by atoms with van der Waals surface area (Å²) in [5.74, 6) is 1.17. The predicted octanol–water partition coefficient (Wildman–Crippen LogP) is 4.30. The number of piperidine rings is 1. The zero-order valence-electron chi connectivity index (χ0n) is 20.4. The highest BCUT2D eigenvalue weighted by Crippen LogP contribution is 2.43. The minimum atomic E-state index is -0.342. The van der Waals surface area contributed by atoms with Gasteiger partial charge in [-0.2, -0.15) is 10.4 Å². The van der Waals surface area contributed by atoms with Crippen molar-refractivity contribution in [2.75, 3.05) is 31.1 Å². The van der Waals surface area contributed by atoms with Crippen molar-refractivity contribution in [2.45, 2.75) is 25.3 Å². The molecule has 0 atom stereocenters. The molecule has 0 saturated carbocycles. The molecule has 0 unspecified atom stereocenters. The molecule has 8 nitrogen and oxygen atoms in total. The Kier molecular flexibility index (Phi) is 5.52. The van der Waals surface area contributed by atoms with Gasteiger partial charge < -0.3 is 14.5 Å². The largest absolute Gasteiger partial charge is 0.492 e. The number of hydrogen-bond acceptors (Lipinski definition) is 6. The fourth-order valence-electron chi connectivity index (χ4n) is 5.25. The van der Waals surface area contributed by atoms with E-state index in [4.69, 9.17) is 9.72 Å². The molecule has 2 saturated heterocycles. The van der Waals surface area contributed by atoms with Crippen molar-refractivity contribution in [3.63, 3.8) is 0 Å². The minimum absolute atomic E-state index is 0.0341. The number of nitriles is 1. The van der Waals surface area contributed by atoms with Crippen LogP contribution in [0.25, 0.3) is 16.6 Å². The van der Waals surface area contributed by atoms with Gasteiger partial charge in [0, 0.05) is 42.5 Å². The summed E-state index contributed by atoms with van der Waals surface area (Å²) in [6.45, 7) is 4.78. The van der Waals surface area contributed by atoms with E-state index >= 15 is 0 Å². The van der Waals surface area contributed by atoms with Gasteiger partial charge in [0.15, 0.2) is 0 Å². The molecule has 0 radical (unpaired) electrons. The van der Waals surface area contributed by atoms with Gasteiger partial charge in [0.05, 0.1) is 35.6 Å². The van der Waals surface area contributed by atoms with E-state index in [2.05, 4.69) is 16.1 Å². The summed E-state index contributed by atoms with van der Waals surface area (Å²) >= 11 is 0. The third-order valence-corrected chi connectivity index (χ3v) is 7.35. The monoisotopic (exact) mass is 496 g/mol. The fourth-order valence-corrected chi connectivity index (χ4v) is 5.25. The number of benzene rings is 1. The summed E-state index contributed by atoms with van der Waals surface area (Å²) in [5, 5.41) is 13.9. The minimum Gasteiger partial charge on any atom is -0.492 e. The average molecular weight is 497 g/mol. The van der Waals surface area contributed by atoms with E-state index < -0.39 is 0 Å². The normalized spacial score (nSPS) is 16.1. The number of fused-ring (bicyclic) bond motifs is 1. The zero-order valence-corrected chi connectivity index (χ0v) is 20.4. The van der Waals surface area contributed by atoms with Crippen molar-refractivity contribution in [1.82, 2.24) is 19.5 Å². The quantitative estimate of drug-likeness (QED) is 0.383. The highest BCUT2D eigenvalue weighted by atomic mass is 19.1. The Hall–Kier alpha value is -4.45. The lowest BCUT2D eigenvalue weighted by atomic mass is 9.96. The molecule has 5 heterocycles. The number of halogens is 1. The first-order chi connectivity index (χ1) is 18.0. The number of amides is 1. The predicted molar refractivity (Wildman–Crippen MR) is 136 cm³/mol. The number of rotatable bonds is 5. The number of nitrogens with zero attached hydrogens (tertiary/aromatic N) is 6. The van der Waals surface area contributed by atoms with Crippen molar-refractivity contribution in [3.05, 3.63) is 78.0 Å². The summed E-state index contributed by atoms with van der Waals surface area (Å²) in [6.07, 6.45) is 6.88. The van der Waals surface area contributed by atoms with Gasteiger partial charge in [0.2, 0.25) is 0 Å². The molecule has 0 aliphatic carbocycles. The van der Waals surface area contributed by atoms with Gasteiger partial charge in [-0.15, -0.1) is 0 Å². The van der Waals surface area contributed by atoms with Crippen LogP contribution in [0.5, 0.6) is 5.75 Å². The van der Waals surface area contributed by atoms with E-state index in [1.165, 1.54) is 12.1 Å². The number of aromatic nitrogens is 3. The Balaban J connectivity index is 1.17. The number of pyridine rings is 2. The SMILES string of the molecule is CCOc1cc(-c2ccc(N3CCC4(CC3)CN4C(=O)c3ccc(F)cc3)nc2)c2c(C#N)cnn2c1. The topological polar surface area (TPSA) is 86.5 Å². The molecule has 1 aromatic carbocycles. The zero-order chi connectivity index (χ0) is 25.6. The van der Waals surface area contributed by atoms with Crippen LogP contribution < -0.4 is 9.64 Å². The maximum absolute atomic E-state index is 13.2. The van der Waals surface area contributed by atoms with E-state index in [9.17, 15) is 14.4 Å². The van der Waals surface area contributed by atoms with E-state index in [0.717, 1.165) is 54.9 Å². The second-order valence-corrected chi connectivity index (χ2v) is 9.50. The molecule has 9 heteroatoms. The number of hydrogen-bond donors (Lipinski definition) is 0. The second kappa shape index (κ2) is 8.89. The Morgan fingerprint density at radius 3 is 2.62 bits per heavy atom. The molecule has 2 fully saturated rings. The van der Waals surface area contributed by atoms with Gasteiger partial charge in [0.1, 0.15) is 23.5 Å². The van der Waals surface area contributed by atoms with Crippen molar-refractivity contribution >= 4 is 17.2 Å². The molecular formula is C28H25FN6O2. The van der Waals surface area contributed by atoms with Crippen LogP contribution in [0.3, 0.4) is 0 Å². The van der Waals surface area contributed by atoms with E-state index in [0.29, 0.717) is 23.5 Å². The third kappa shape index (κ3) is 4.04. The smallest absolute Gasteiger partial charge is 0.254 e. The van der Waals surface area contributed by atoms with Crippen molar-refractivity contribution in [3.8, 4) is 22.9 Å². The summed E-state index contributed by atoms with van der Waals surface area (Å²) in [4.78, 5) is 21.7. The molecule has 0 N–H and O–H groups in total. The van der Waals surface area contributed by atoms with E-state index in [1.807, 2.05) is 36.2 Å². The third-order valence-electron chi connectivity index (χ3n) is 7.35. The van der Waals surface area contributed by atoms with E-state index in [-0.39, 0.29) is 17.3 Å². The van der Waals surface area contributed by atoms with Crippen LogP contribution in [0.2, 0.25) is 0 Å². The molecular weight excluding hydrogens is 471 g/mol. The van der Waals surface area contributed by atoms with Crippen LogP contribution in [0.4, 0.5) is 10.2 Å². The van der Waals surface area contributed by atoms with Crippen molar-refractivity contribution < 1.29 is 13.9 Å². The van der Waals surface area contributed by atoms with Gasteiger partial charge in [-0.1, -0.05) is 0 Å². The lowest BCUT2D eigenvalue weighted by molar-refractivity contribution is 0.0845. The molecule has 3 aromatic heterocycles. The van der Waals surface area contributed by atoms with Crippen molar-refractivity contribution in [2.24, 2.45) is 0 Å². The molecule has 2 aliphatic rings. The lowest BCUT2D eigenvalue weighted by Crippen LogP contribution is -2.40. The standard InChI is InChI=1S/C28H25FN6O2/c1-2-37-23-13-24(26-21(14-30)16-32-35(26)17-23)20-5-8-25(31-15-20)33-11-9-28(10-12-33)18-34(28)27(36)19-3-6-22(29)7-4-19/h3-8,13,15-17H,2,9-12,18H2,1H3. The second-order valence-electron chi connectivity index (χ2n) is 9.50. The van der Waals surface area contributed by atoms with E-state index in [1.54, 1.807) is 29.0 Å². The molecule has 1 amide bonds. The number of anilines is 1. The Bertz CT molecular complexity index is 1520. The van der Waals surface area contributed by atoms with Crippen LogP contribution in [-0.4, -0.2) is 57.2 Å². The van der Waals surface area contributed by atoms with Gasteiger partial charge in [-0.25, -0.2) is 13.9 Å². The Morgan fingerprint density at radius 1 is 1.16 bits per heavy atom. The molecule has 37 heavy (non-hydrogen) atoms. The number of carbonyl (C=O) groups is 1. The summed E-state index contributed by atoms with van der Waals surface area (Å²) in [5.41, 5.74) is 3.35. The first-order valence-electron chi connectivity index (χ1n) is 12.3. The maximum Gasteiger partial charge on any atom is 0.254 e. The lowest BCUT2D eigenvalue weighted by Gasteiger charge is -2.33. The molecule has 0 bridgehead atoms. The average Bonchev–Trinajstić information content (AvgIpc) is 3.45. The number of ether oxygens (including phenoxy) is 1. The van der Waals surface area contributed by atoms with Crippen LogP contribution in [0.1, 0.15) is 35.7 Å². The highest BCUT2D eigenvalue weighted by molar-refractivity contribution is 5.96. The van der Waals surface area contributed by atoms with Crippen LogP contribution in [0, 0.1) is 17.1 Å². The molecule has 4 aromatic rings. The molecule has 186 valence electrons. The molecule has 1 spiro atoms. The Labute approximate surface area is 213 Å². The van der Waals surface area contributed by atoms with Gasteiger partial charge in [-0.05, 0) is 62.2 Å². The molecule has 2 aliphatic heterocycles. The van der Waals surface area contributed by atoms with Crippen LogP contribution in [0.15, 0.2) is 61.1 Å². The summed E-state index contributed by atoms with van der Waals surface area (Å²) < 4.78 is 20.6. The van der Waals surface area contributed by atoms with Gasteiger partial charge >= 0.3 is 0 Å². The first-order valence-corrected chi connectivity index (χ1v) is 12.3. The van der Waals surface area contributed by atoms with Gasteiger partial charge in [-0.3, -0.25) is 4.79 Å². The van der Waals surface area contributed by atoms with Crippen LogP contribution >= 0.6 is 0 Å². The number of carbonyl (C=O) groups excluding carboxylic acids is 1. The van der Waals surface area contributed by atoms with Crippen molar-refractivity contribution in [1.29, 1.82) is 5.26 Å². The molecule has 6 rings (SSSR count). The fraction of sp³-hybridized carbons (Fsp3) is 0.286. The summed E-state index contributed by atoms with van der Waals surface area (Å²) in [7, 11) is 0.